The van der Waals surface area contributed by atoms with Crippen LogP contribution in [0, 0.1) is 5.92 Å². The summed E-state index contributed by atoms with van der Waals surface area (Å²) in [5.41, 5.74) is 0.777. The highest BCUT2D eigenvalue weighted by Crippen LogP contribution is 2.31. The second-order valence-corrected chi connectivity index (χ2v) is 6.68. The fraction of sp³-hybridized carbons (Fsp3) is 0.588. The van der Waals surface area contributed by atoms with Gasteiger partial charge in [-0.15, -0.1) is 0 Å². The monoisotopic (exact) mass is 333 g/mol. The molecule has 0 bridgehead atoms. The number of nitrogens with zero attached hydrogens (tertiary/aromatic N) is 3. The van der Waals surface area contributed by atoms with Crippen molar-refractivity contribution in [1.82, 2.24) is 14.8 Å². The lowest BCUT2D eigenvalue weighted by Gasteiger charge is -2.41. The number of morpholine rings is 1. The maximum absolute atomic E-state index is 12.9. The maximum atomic E-state index is 12.9. The van der Waals surface area contributed by atoms with E-state index in [0.29, 0.717) is 12.5 Å². The number of likely N-dealkylation sites (N-methyl/N-ethyl adjacent to an activating group) is 2. The minimum absolute atomic E-state index is 0.0976. The Balaban J connectivity index is 1.76. The third kappa shape index (κ3) is 3.27. The standard InChI is InChI=1S/C17H23N3O4/c1-19(9-11-6-13(21)7-11)17(23)16-15(12-4-3-5-18-8-12)20(2)14(22)10-24-16/h3-5,8,11,13,15-16,21H,6-7,9-10H2,1-2H3/t11?,13?,15-,16+/m0/s1. The zero-order chi connectivity index (χ0) is 17.3. The third-order valence-electron chi connectivity index (χ3n) is 4.87. The summed E-state index contributed by atoms with van der Waals surface area (Å²) in [7, 11) is 3.43. The number of pyridine rings is 1. The van der Waals surface area contributed by atoms with Gasteiger partial charge < -0.3 is 19.6 Å². The lowest BCUT2D eigenvalue weighted by molar-refractivity contribution is -0.167. The number of hydrogen-bond acceptors (Lipinski definition) is 5. The normalized spacial score (nSPS) is 30.0. The molecule has 3 rings (SSSR count). The van der Waals surface area contributed by atoms with E-state index in [-0.39, 0.29) is 24.5 Å². The SMILES string of the molecule is CN(CC1CC(O)C1)C(=O)[C@@H]1OCC(=O)N(C)[C@H]1c1cccnc1. The van der Waals surface area contributed by atoms with E-state index in [0.717, 1.165) is 18.4 Å². The Morgan fingerprint density at radius 3 is 2.88 bits per heavy atom. The Morgan fingerprint density at radius 1 is 1.50 bits per heavy atom. The van der Waals surface area contributed by atoms with E-state index in [4.69, 9.17) is 4.74 Å². The lowest BCUT2D eigenvalue weighted by atomic mass is 9.82. The number of carbonyl (C=O) groups is 2. The van der Waals surface area contributed by atoms with Crippen molar-refractivity contribution in [2.24, 2.45) is 5.92 Å². The number of aliphatic hydroxyl groups is 1. The first kappa shape index (κ1) is 16.9. The molecule has 1 saturated carbocycles. The van der Waals surface area contributed by atoms with Crippen LogP contribution in [0.5, 0.6) is 0 Å². The van der Waals surface area contributed by atoms with Crippen LogP contribution in [0.25, 0.3) is 0 Å². The van der Waals surface area contributed by atoms with E-state index < -0.39 is 12.1 Å². The minimum atomic E-state index is -0.744. The predicted molar refractivity (Wildman–Crippen MR) is 85.9 cm³/mol. The Labute approximate surface area is 141 Å². The fourth-order valence-corrected chi connectivity index (χ4v) is 3.41. The average Bonchev–Trinajstić information content (AvgIpc) is 2.55. The molecule has 24 heavy (non-hydrogen) atoms. The van der Waals surface area contributed by atoms with Crippen LogP contribution in [0.4, 0.5) is 0 Å². The molecule has 0 radical (unpaired) electrons. The van der Waals surface area contributed by atoms with Crippen molar-refractivity contribution in [2.75, 3.05) is 27.2 Å². The molecule has 2 heterocycles. The summed E-state index contributed by atoms with van der Waals surface area (Å²) < 4.78 is 5.61. The van der Waals surface area contributed by atoms with Crippen molar-refractivity contribution in [2.45, 2.75) is 31.1 Å². The number of carbonyl (C=O) groups excluding carboxylic acids is 2. The summed E-state index contributed by atoms with van der Waals surface area (Å²) >= 11 is 0. The van der Waals surface area contributed by atoms with E-state index in [1.165, 1.54) is 0 Å². The molecule has 0 spiro atoms. The molecule has 1 aliphatic heterocycles. The number of amides is 2. The van der Waals surface area contributed by atoms with Gasteiger partial charge in [0.2, 0.25) is 5.91 Å². The molecular weight excluding hydrogens is 310 g/mol. The lowest BCUT2D eigenvalue weighted by Crippen LogP contribution is -2.54. The summed E-state index contributed by atoms with van der Waals surface area (Å²) in [6.45, 7) is 0.493. The highest BCUT2D eigenvalue weighted by molar-refractivity contribution is 5.86. The molecule has 2 atom stereocenters. The van der Waals surface area contributed by atoms with Crippen LogP contribution in [0.1, 0.15) is 24.4 Å². The molecule has 2 aliphatic rings. The molecular formula is C17H23N3O4. The van der Waals surface area contributed by atoms with Gasteiger partial charge in [-0.3, -0.25) is 14.6 Å². The number of rotatable bonds is 4. The van der Waals surface area contributed by atoms with Gasteiger partial charge in [-0.2, -0.15) is 0 Å². The van der Waals surface area contributed by atoms with Crippen molar-refractivity contribution < 1.29 is 19.4 Å². The van der Waals surface area contributed by atoms with Crippen LogP contribution in [0.3, 0.4) is 0 Å². The van der Waals surface area contributed by atoms with Gasteiger partial charge in [0.05, 0.1) is 12.1 Å². The fourth-order valence-electron chi connectivity index (χ4n) is 3.41. The van der Waals surface area contributed by atoms with Gasteiger partial charge in [-0.25, -0.2) is 0 Å². The molecule has 130 valence electrons. The van der Waals surface area contributed by atoms with E-state index in [1.54, 1.807) is 42.4 Å². The Kier molecular flexibility index (Phi) is 4.82. The molecule has 1 saturated heterocycles. The third-order valence-corrected chi connectivity index (χ3v) is 4.87. The molecule has 1 N–H and O–H groups in total. The maximum Gasteiger partial charge on any atom is 0.254 e. The van der Waals surface area contributed by atoms with Crippen LogP contribution < -0.4 is 0 Å². The van der Waals surface area contributed by atoms with E-state index in [1.807, 2.05) is 6.07 Å². The average molecular weight is 333 g/mol. The molecule has 7 heteroatoms. The zero-order valence-electron chi connectivity index (χ0n) is 14.0. The Hall–Kier alpha value is -1.99. The summed E-state index contributed by atoms with van der Waals surface area (Å²) in [5, 5.41) is 9.39. The Bertz CT molecular complexity index is 603. The number of ether oxygens (including phenoxy) is 1. The molecule has 0 unspecified atom stereocenters. The van der Waals surface area contributed by atoms with Crippen LogP contribution >= 0.6 is 0 Å². The van der Waals surface area contributed by atoms with E-state index in [9.17, 15) is 14.7 Å². The van der Waals surface area contributed by atoms with E-state index in [2.05, 4.69) is 4.98 Å². The summed E-state index contributed by atoms with van der Waals surface area (Å²) in [5.74, 6) is 0.0241. The van der Waals surface area contributed by atoms with Gasteiger partial charge in [0, 0.05) is 33.0 Å². The van der Waals surface area contributed by atoms with Gasteiger partial charge in [0.1, 0.15) is 6.61 Å². The molecule has 2 fully saturated rings. The molecule has 1 aromatic rings. The predicted octanol–water partition coefficient (Wildman–Crippen LogP) is 0.209. The Morgan fingerprint density at radius 2 is 2.25 bits per heavy atom. The highest BCUT2D eigenvalue weighted by Gasteiger charge is 2.42. The zero-order valence-corrected chi connectivity index (χ0v) is 14.0. The smallest absolute Gasteiger partial charge is 0.254 e. The van der Waals surface area contributed by atoms with Gasteiger partial charge in [0.15, 0.2) is 6.10 Å². The van der Waals surface area contributed by atoms with Crippen molar-refractivity contribution in [1.29, 1.82) is 0 Å². The van der Waals surface area contributed by atoms with Gasteiger partial charge >= 0.3 is 0 Å². The first-order valence-corrected chi connectivity index (χ1v) is 8.17. The molecule has 1 aromatic heterocycles. The van der Waals surface area contributed by atoms with Crippen molar-refractivity contribution in [3.63, 3.8) is 0 Å². The number of hydrogen-bond donors (Lipinski definition) is 1. The quantitative estimate of drug-likeness (QED) is 0.852. The highest BCUT2D eigenvalue weighted by atomic mass is 16.5. The second kappa shape index (κ2) is 6.86. The second-order valence-electron chi connectivity index (χ2n) is 6.68. The summed E-state index contributed by atoms with van der Waals surface area (Å²) in [6, 6.07) is 3.14. The molecule has 2 amide bonds. The minimum Gasteiger partial charge on any atom is -0.393 e. The summed E-state index contributed by atoms with van der Waals surface area (Å²) in [4.78, 5) is 32.2. The summed E-state index contributed by atoms with van der Waals surface area (Å²) in [6.07, 6.45) is 3.79. The first-order chi connectivity index (χ1) is 11.5. The number of aromatic nitrogens is 1. The van der Waals surface area contributed by atoms with Crippen LogP contribution in [0.15, 0.2) is 24.5 Å². The number of aliphatic hydroxyl groups excluding tert-OH is 1. The first-order valence-electron chi connectivity index (χ1n) is 8.17. The largest absolute Gasteiger partial charge is 0.393 e. The topological polar surface area (TPSA) is 83.0 Å². The van der Waals surface area contributed by atoms with Crippen LogP contribution in [-0.2, 0) is 14.3 Å². The molecule has 0 aromatic carbocycles. The van der Waals surface area contributed by atoms with E-state index >= 15 is 0 Å². The van der Waals surface area contributed by atoms with Crippen molar-refractivity contribution >= 4 is 11.8 Å². The van der Waals surface area contributed by atoms with Gasteiger partial charge in [-0.1, -0.05) is 6.07 Å². The van der Waals surface area contributed by atoms with Gasteiger partial charge in [0.25, 0.3) is 5.91 Å². The molecule has 1 aliphatic carbocycles. The van der Waals surface area contributed by atoms with Crippen LogP contribution in [0.2, 0.25) is 0 Å². The van der Waals surface area contributed by atoms with Crippen LogP contribution in [-0.4, -0.2) is 71.2 Å². The van der Waals surface area contributed by atoms with Crippen molar-refractivity contribution in [3.8, 4) is 0 Å². The molecule has 7 nitrogen and oxygen atoms in total. The van der Waals surface area contributed by atoms with Gasteiger partial charge in [-0.05, 0) is 30.4 Å². The van der Waals surface area contributed by atoms with Crippen molar-refractivity contribution in [3.05, 3.63) is 30.1 Å².